The molecule has 0 heterocycles. The molecule has 0 aromatic carbocycles. The summed E-state index contributed by atoms with van der Waals surface area (Å²) in [5.41, 5.74) is 0. The first kappa shape index (κ1) is 53.9. The van der Waals surface area contributed by atoms with E-state index in [0.717, 1.165) is 19.6 Å². The standard InChI is InChI=1S/2C10H16N2O8.2Na.H2O4S/c2*13-7(14)3-11(4-8(15)16)1-2-12(5-9(17)18)6-10(19)20;;;1-5(2,3)4/h2*1-6H2,(H,13,14)(H,15,16)(H,17,18)(H,19,20);;;(H2,1,2,3,4)/q;;2*+1;/p-2. The summed E-state index contributed by atoms with van der Waals surface area (Å²) in [5.74, 6) is -9.82. The van der Waals surface area contributed by atoms with Crippen molar-refractivity contribution in [3.05, 3.63) is 0 Å². The molecule has 0 fully saturated rings. The van der Waals surface area contributed by atoms with Crippen molar-refractivity contribution in [2.45, 2.75) is 0 Å². The molecule has 0 aliphatic rings. The van der Waals surface area contributed by atoms with Gasteiger partial charge in [0, 0.05) is 36.6 Å². The number of carboxylic acids is 8. The third kappa shape index (κ3) is 48.0. The molecule has 260 valence electrons. The van der Waals surface area contributed by atoms with Gasteiger partial charge in [0.2, 0.25) is 0 Å². The van der Waals surface area contributed by atoms with E-state index >= 15 is 0 Å². The van der Waals surface area contributed by atoms with Gasteiger partial charge in [0.15, 0.2) is 0 Å². The number of carboxylic acid groups (broad SMARTS) is 8. The van der Waals surface area contributed by atoms with E-state index in [1.165, 1.54) is 0 Å². The van der Waals surface area contributed by atoms with Gasteiger partial charge >= 0.3 is 107 Å². The van der Waals surface area contributed by atoms with Gasteiger partial charge < -0.3 is 50.0 Å². The second-order valence-electron chi connectivity index (χ2n) is 8.40. The normalized spacial score (nSPS) is 10.3. The summed E-state index contributed by atoms with van der Waals surface area (Å²) >= 11 is 0. The van der Waals surface area contributed by atoms with Crippen LogP contribution in [0.15, 0.2) is 0 Å². The molecule has 0 saturated heterocycles. The molecule has 24 nitrogen and oxygen atoms in total. The predicted octanol–water partition coefficient (Wildman–Crippen LogP) is -11.5. The van der Waals surface area contributed by atoms with E-state index in [1.54, 1.807) is 0 Å². The summed E-state index contributed by atoms with van der Waals surface area (Å²) in [5, 5.41) is 68.9. The van der Waals surface area contributed by atoms with Crippen LogP contribution in [0, 0.1) is 0 Å². The summed E-state index contributed by atoms with van der Waals surface area (Å²) in [7, 11) is -5.17. The van der Waals surface area contributed by atoms with Gasteiger partial charge in [0.1, 0.15) is 0 Å². The molecule has 0 rings (SSSR count). The topological polar surface area (TPSA) is 392 Å². The van der Waals surface area contributed by atoms with Gasteiger partial charge in [-0.1, -0.05) is 0 Å². The van der Waals surface area contributed by atoms with Crippen LogP contribution in [0.5, 0.6) is 0 Å². The summed E-state index contributed by atoms with van der Waals surface area (Å²) in [6, 6.07) is 0. The zero-order chi connectivity index (χ0) is 35.9. The van der Waals surface area contributed by atoms with Crippen molar-refractivity contribution >= 4 is 58.2 Å². The first-order valence-corrected chi connectivity index (χ1v) is 13.0. The average Bonchev–Trinajstić information content (AvgIpc) is 2.77. The van der Waals surface area contributed by atoms with E-state index in [1.807, 2.05) is 0 Å². The summed E-state index contributed by atoms with van der Waals surface area (Å²) in [6.45, 7) is -4.50. The van der Waals surface area contributed by atoms with Crippen molar-refractivity contribution in [3.63, 3.8) is 0 Å². The molecular weight excluding hydrogens is 694 g/mol. The molecule has 0 radical (unpaired) electrons. The molecule has 27 heteroatoms. The second kappa shape index (κ2) is 29.6. The monoisotopic (exact) mass is 726 g/mol. The Hall–Kier alpha value is -2.53. The zero-order valence-corrected chi connectivity index (χ0v) is 30.0. The maximum atomic E-state index is 10.6. The minimum Gasteiger partial charge on any atom is -0.759 e. The van der Waals surface area contributed by atoms with Crippen LogP contribution in [-0.2, 0) is 48.8 Å². The Morgan fingerprint density at radius 2 is 0.447 bits per heavy atom. The molecule has 0 aromatic heterocycles. The maximum Gasteiger partial charge on any atom is 1.00 e. The number of carbonyl (C=O) groups is 8. The molecule has 8 N–H and O–H groups in total. The van der Waals surface area contributed by atoms with Gasteiger partial charge in [-0.15, -0.1) is 0 Å². The Labute approximate surface area is 310 Å². The molecule has 0 unspecified atom stereocenters. The van der Waals surface area contributed by atoms with E-state index in [2.05, 4.69) is 0 Å². The number of rotatable bonds is 22. The fraction of sp³-hybridized carbons (Fsp3) is 0.600. The molecule has 0 spiro atoms. The molecule has 0 bridgehead atoms. The smallest absolute Gasteiger partial charge is 0.759 e. The van der Waals surface area contributed by atoms with Gasteiger partial charge in [0.05, 0.1) is 52.4 Å². The largest absolute Gasteiger partial charge is 1.00 e. The van der Waals surface area contributed by atoms with Crippen LogP contribution in [0.25, 0.3) is 0 Å². The van der Waals surface area contributed by atoms with Gasteiger partial charge in [0.25, 0.3) is 0 Å². The van der Waals surface area contributed by atoms with Crippen molar-refractivity contribution in [1.29, 1.82) is 0 Å². The first-order valence-electron chi connectivity index (χ1n) is 11.7. The molecule has 0 amide bonds. The summed E-state index contributed by atoms with van der Waals surface area (Å²) < 4.78 is 34.1. The van der Waals surface area contributed by atoms with Crippen LogP contribution in [0.2, 0.25) is 0 Å². The van der Waals surface area contributed by atoms with Crippen LogP contribution in [0.4, 0.5) is 0 Å². The minimum absolute atomic E-state index is 0. The van der Waals surface area contributed by atoms with E-state index in [4.69, 9.17) is 58.4 Å². The van der Waals surface area contributed by atoms with E-state index in [0.29, 0.717) is 0 Å². The van der Waals surface area contributed by atoms with Crippen molar-refractivity contribution in [1.82, 2.24) is 19.6 Å². The Bertz CT molecular complexity index is 925. The molecular formula is C20H32N4Na2O20S. The van der Waals surface area contributed by atoms with E-state index in [9.17, 15) is 38.4 Å². The number of hydrogen-bond donors (Lipinski definition) is 8. The van der Waals surface area contributed by atoms with Crippen LogP contribution >= 0.6 is 0 Å². The molecule has 47 heavy (non-hydrogen) atoms. The summed E-state index contributed by atoms with van der Waals surface area (Å²) in [4.78, 5) is 88.7. The van der Waals surface area contributed by atoms with E-state index < -0.39 is 111 Å². The van der Waals surface area contributed by atoms with Gasteiger partial charge in [-0.25, -0.2) is 0 Å². The van der Waals surface area contributed by atoms with Crippen molar-refractivity contribution < 1.29 is 156 Å². The third-order valence-electron chi connectivity index (χ3n) is 4.34. The molecule has 0 atom stereocenters. The van der Waals surface area contributed by atoms with Crippen molar-refractivity contribution in [3.8, 4) is 0 Å². The fourth-order valence-electron chi connectivity index (χ4n) is 2.95. The quantitative estimate of drug-likeness (QED) is 0.0291. The predicted molar refractivity (Wildman–Crippen MR) is 137 cm³/mol. The van der Waals surface area contributed by atoms with Gasteiger partial charge in [-0.05, 0) is 0 Å². The van der Waals surface area contributed by atoms with Crippen LogP contribution in [0.1, 0.15) is 0 Å². The number of hydrogen-bond acceptors (Lipinski definition) is 16. The number of aliphatic carboxylic acids is 8. The Kier molecular flexibility index (Phi) is 34.0. The fourth-order valence-corrected chi connectivity index (χ4v) is 2.95. The van der Waals surface area contributed by atoms with E-state index in [-0.39, 0.29) is 85.3 Å². The summed E-state index contributed by atoms with van der Waals surface area (Å²) in [6.07, 6.45) is 0. The molecule has 0 aliphatic heterocycles. The molecule has 0 saturated carbocycles. The first-order chi connectivity index (χ1) is 20.4. The number of nitrogens with zero attached hydrogens (tertiary/aromatic N) is 4. The SMILES string of the molecule is O=C(O)CN(CCN(CC(=O)O)CC(=O)O)CC(=O)O.O=C(O)CN(CCN(CC(=O)O)CC(=O)O)CC(=O)O.O=S(=O)([O-])[O-].[Na+].[Na+]. The van der Waals surface area contributed by atoms with Crippen molar-refractivity contribution in [2.75, 3.05) is 78.5 Å². The van der Waals surface area contributed by atoms with Crippen LogP contribution < -0.4 is 59.1 Å². The van der Waals surface area contributed by atoms with Gasteiger partial charge in [-0.2, -0.15) is 0 Å². The second-order valence-corrected chi connectivity index (χ2v) is 9.22. The zero-order valence-electron chi connectivity index (χ0n) is 25.2. The van der Waals surface area contributed by atoms with Crippen LogP contribution in [-0.4, -0.2) is 204 Å². The maximum absolute atomic E-state index is 10.6. The van der Waals surface area contributed by atoms with Gasteiger partial charge in [-0.3, -0.25) is 66.4 Å². The Morgan fingerprint density at radius 1 is 0.362 bits per heavy atom. The minimum atomic E-state index is -5.17. The Balaban J connectivity index is -0.000000210. The third-order valence-corrected chi connectivity index (χ3v) is 4.34. The molecule has 0 aliphatic carbocycles. The average molecular weight is 727 g/mol. The molecule has 0 aromatic rings. The Morgan fingerprint density at radius 3 is 0.511 bits per heavy atom. The van der Waals surface area contributed by atoms with Crippen molar-refractivity contribution in [2.24, 2.45) is 0 Å². The van der Waals surface area contributed by atoms with Crippen LogP contribution in [0.3, 0.4) is 0 Å².